The zero-order valence-corrected chi connectivity index (χ0v) is 14.7. The van der Waals surface area contributed by atoms with Gasteiger partial charge in [0, 0.05) is 10.4 Å². The van der Waals surface area contributed by atoms with Crippen LogP contribution in [0.5, 0.6) is 11.5 Å². The second-order valence-electron chi connectivity index (χ2n) is 4.95. The van der Waals surface area contributed by atoms with Crippen molar-refractivity contribution in [3.8, 4) is 11.5 Å². The molecule has 0 fully saturated rings. The van der Waals surface area contributed by atoms with Crippen molar-refractivity contribution < 1.29 is 22.3 Å². The highest BCUT2D eigenvalue weighted by atomic mass is 35.5. The van der Waals surface area contributed by atoms with Crippen molar-refractivity contribution in [1.29, 1.82) is 0 Å². The zero-order chi connectivity index (χ0) is 17.7. The van der Waals surface area contributed by atoms with Gasteiger partial charge < -0.3 is 9.47 Å². The first-order chi connectivity index (χ1) is 11.3. The molecule has 2 aromatic carbocycles. The van der Waals surface area contributed by atoms with Crippen molar-refractivity contribution in [2.75, 3.05) is 14.2 Å². The fourth-order valence-corrected chi connectivity index (χ4v) is 3.45. The summed E-state index contributed by atoms with van der Waals surface area (Å²) in [5, 5.41) is 1.46. The minimum Gasteiger partial charge on any atom is -0.496 e. The second-order valence-corrected chi connectivity index (χ2v) is 7.27. The normalized spacial score (nSPS) is 11.7. The van der Waals surface area contributed by atoms with Gasteiger partial charge >= 0.3 is 0 Å². The third kappa shape index (κ3) is 4.72. The summed E-state index contributed by atoms with van der Waals surface area (Å²) in [5.74, 6) is -0.0318. The van der Waals surface area contributed by atoms with E-state index in [2.05, 4.69) is 0 Å². The van der Waals surface area contributed by atoms with Gasteiger partial charge in [0.1, 0.15) is 17.3 Å². The molecule has 0 aromatic heterocycles. The zero-order valence-electron chi connectivity index (χ0n) is 13.1. The van der Waals surface area contributed by atoms with Gasteiger partial charge in [0.05, 0.1) is 25.5 Å². The Balaban J connectivity index is 2.30. The smallest absolute Gasteiger partial charge is 0.176 e. The SMILES string of the molecule is COc1cc(Cl)cc(OC)c1CS(=O)(=O)C=Cc1ccc(F)cc1. The van der Waals surface area contributed by atoms with E-state index >= 15 is 0 Å². The van der Waals surface area contributed by atoms with Gasteiger partial charge in [-0.25, -0.2) is 12.8 Å². The van der Waals surface area contributed by atoms with Gasteiger partial charge in [0.15, 0.2) is 9.84 Å². The Morgan fingerprint density at radius 1 is 1.08 bits per heavy atom. The van der Waals surface area contributed by atoms with E-state index in [1.165, 1.54) is 56.7 Å². The van der Waals surface area contributed by atoms with E-state index in [-0.39, 0.29) is 11.6 Å². The van der Waals surface area contributed by atoms with Crippen molar-refractivity contribution in [2.45, 2.75) is 5.75 Å². The van der Waals surface area contributed by atoms with Crippen LogP contribution in [0.25, 0.3) is 6.08 Å². The molecular formula is C17H16ClFO4S. The molecule has 0 spiro atoms. The average molecular weight is 371 g/mol. The number of hydrogen-bond donors (Lipinski definition) is 0. The van der Waals surface area contributed by atoms with Crippen molar-refractivity contribution in [3.05, 3.63) is 63.8 Å². The van der Waals surface area contributed by atoms with E-state index in [9.17, 15) is 12.8 Å². The monoisotopic (exact) mass is 370 g/mol. The molecule has 0 atom stereocenters. The molecule has 0 aliphatic rings. The lowest BCUT2D eigenvalue weighted by atomic mass is 10.2. The molecule has 0 bridgehead atoms. The Kier molecular flexibility index (Phi) is 5.85. The topological polar surface area (TPSA) is 52.6 Å². The number of benzene rings is 2. The fraction of sp³-hybridized carbons (Fsp3) is 0.176. The number of ether oxygens (including phenoxy) is 2. The Bertz CT molecular complexity index is 820. The first kappa shape index (κ1) is 18.3. The highest BCUT2D eigenvalue weighted by molar-refractivity contribution is 7.93. The highest BCUT2D eigenvalue weighted by Crippen LogP contribution is 2.34. The van der Waals surface area contributed by atoms with Gasteiger partial charge in [-0.2, -0.15) is 0 Å². The van der Waals surface area contributed by atoms with Crippen LogP contribution in [-0.4, -0.2) is 22.6 Å². The number of halogens is 2. The predicted molar refractivity (Wildman–Crippen MR) is 92.6 cm³/mol. The van der Waals surface area contributed by atoms with Crippen LogP contribution in [0.2, 0.25) is 5.02 Å². The summed E-state index contributed by atoms with van der Waals surface area (Å²) in [6.07, 6.45) is 1.41. The third-order valence-electron chi connectivity index (χ3n) is 3.26. The van der Waals surface area contributed by atoms with Gasteiger partial charge in [0.25, 0.3) is 0 Å². The van der Waals surface area contributed by atoms with E-state index in [1.54, 1.807) is 0 Å². The lowest BCUT2D eigenvalue weighted by Crippen LogP contribution is -2.04. The van der Waals surface area contributed by atoms with Crippen LogP contribution in [0.1, 0.15) is 11.1 Å². The maximum atomic E-state index is 12.9. The van der Waals surface area contributed by atoms with E-state index in [4.69, 9.17) is 21.1 Å². The molecule has 2 aromatic rings. The molecule has 0 radical (unpaired) electrons. The van der Waals surface area contributed by atoms with Gasteiger partial charge in [-0.3, -0.25) is 0 Å². The highest BCUT2D eigenvalue weighted by Gasteiger charge is 2.18. The molecule has 4 nitrogen and oxygen atoms in total. The molecule has 24 heavy (non-hydrogen) atoms. The van der Waals surface area contributed by atoms with Crippen LogP contribution in [0.4, 0.5) is 4.39 Å². The van der Waals surface area contributed by atoms with Crippen LogP contribution in [-0.2, 0) is 15.6 Å². The predicted octanol–water partition coefficient (Wildman–Crippen LogP) is 4.08. The summed E-state index contributed by atoms with van der Waals surface area (Å²) >= 11 is 5.95. The van der Waals surface area contributed by atoms with E-state index in [0.29, 0.717) is 27.6 Å². The fourth-order valence-electron chi connectivity index (χ4n) is 2.10. The molecule has 0 aliphatic heterocycles. The van der Waals surface area contributed by atoms with Crippen molar-refractivity contribution in [3.63, 3.8) is 0 Å². The minimum atomic E-state index is -3.60. The standard InChI is InChI=1S/C17H16ClFO4S/c1-22-16-9-13(18)10-17(23-2)15(16)11-24(20,21)8-7-12-3-5-14(19)6-4-12/h3-10H,11H2,1-2H3. The van der Waals surface area contributed by atoms with E-state index in [1.807, 2.05) is 0 Å². The second kappa shape index (κ2) is 7.68. The number of rotatable bonds is 6. The average Bonchev–Trinajstić information content (AvgIpc) is 2.55. The largest absolute Gasteiger partial charge is 0.496 e. The molecule has 128 valence electrons. The van der Waals surface area contributed by atoms with Crippen LogP contribution in [0.15, 0.2) is 41.8 Å². The third-order valence-corrected chi connectivity index (χ3v) is 4.72. The van der Waals surface area contributed by atoms with E-state index in [0.717, 1.165) is 5.41 Å². The molecule has 2 rings (SSSR count). The molecule has 0 N–H and O–H groups in total. The quantitative estimate of drug-likeness (QED) is 0.768. The number of hydrogen-bond acceptors (Lipinski definition) is 4. The molecule has 0 heterocycles. The lowest BCUT2D eigenvalue weighted by Gasteiger charge is -2.13. The van der Waals surface area contributed by atoms with Gasteiger partial charge in [-0.1, -0.05) is 23.7 Å². The van der Waals surface area contributed by atoms with E-state index < -0.39 is 9.84 Å². The summed E-state index contributed by atoms with van der Waals surface area (Å²) in [6.45, 7) is 0. The molecule has 0 unspecified atom stereocenters. The Morgan fingerprint density at radius 2 is 1.62 bits per heavy atom. The Hall–Kier alpha value is -2.05. The van der Waals surface area contributed by atoms with Gasteiger partial charge in [-0.15, -0.1) is 0 Å². The van der Waals surface area contributed by atoms with Gasteiger partial charge in [-0.05, 0) is 35.9 Å². The summed E-state index contributed by atoms with van der Waals surface area (Å²) in [4.78, 5) is 0. The van der Waals surface area contributed by atoms with Crippen molar-refractivity contribution >= 4 is 27.5 Å². The summed E-state index contributed by atoms with van der Waals surface area (Å²) < 4.78 is 48.0. The van der Waals surface area contributed by atoms with Crippen LogP contribution in [0.3, 0.4) is 0 Å². The van der Waals surface area contributed by atoms with Crippen LogP contribution in [0, 0.1) is 5.82 Å². The summed E-state index contributed by atoms with van der Waals surface area (Å²) in [7, 11) is -0.746. The first-order valence-corrected chi connectivity index (χ1v) is 9.01. The maximum absolute atomic E-state index is 12.9. The Labute approximate surface area is 145 Å². The summed E-state index contributed by atoms with van der Waals surface area (Å²) in [5.41, 5.74) is 0.961. The summed E-state index contributed by atoms with van der Waals surface area (Å²) in [6, 6.07) is 8.56. The van der Waals surface area contributed by atoms with Crippen molar-refractivity contribution in [1.82, 2.24) is 0 Å². The molecular weight excluding hydrogens is 355 g/mol. The van der Waals surface area contributed by atoms with Crippen LogP contribution >= 0.6 is 11.6 Å². The van der Waals surface area contributed by atoms with Crippen LogP contribution < -0.4 is 9.47 Å². The molecule has 0 aliphatic carbocycles. The molecule has 0 amide bonds. The van der Waals surface area contributed by atoms with Crippen molar-refractivity contribution in [2.24, 2.45) is 0 Å². The number of methoxy groups -OCH3 is 2. The van der Waals surface area contributed by atoms with Gasteiger partial charge in [0.2, 0.25) is 0 Å². The lowest BCUT2D eigenvalue weighted by molar-refractivity contribution is 0.387. The maximum Gasteiger partial charge on any atom is 0.176 e. The number of sulfone groups is 1. The first-order valence-electron chi connectivity index (χ1n) is 6.91. The Morgan fingerprint density at radius 3 is 2.12 bits per heavy atom. The molecule has 0 saturated carbocycles. The molecule has 0 saturated heterocycles. The molecule has 7 heteroatoms. The minimum absolute atomic E-state index is 0.311.